The second-order valence-corrected chi connectivity index (χ2v) is 12.3. The molecule has 4 nitrogen and oxygen atoms in total. The molecule has 0 N–H and O–H groups in total. The van der Waals surface area contributed by atoms with Gasteiger partial charge in [0.1, 0.15) is 0 Å². The van der Waals surface area contributed by atoms with Gasteiger partial charge < -0.3 is 4.90 Å². The predicted molar refractivity (Wildman–Crippen MR) is 207 cm³/mol. The predicted octanol–water partition coefficient (Wildman–Crippen LogP) is 12.1. The lowest BCUT2D eigenvalue weighted by Gasteiger charge is -2.26. The first-order valence-electron chi connectivity index (χ1n) is 16.6. The molecule has 4 heteroatoms. The molecule has 0 atom stereocenters. The third-order valence-corrected chi connectivity index (χ3v) is 9.43. The Labute approximate surface area is 296 Å². The van der Waals surface area contributed by atoms with E-state index in [1.54, 1.807) is 0 Å². The van der Waals surface area contributed by atoms with Crippen molar-refractivity contribution in [1.82, 2.24) is 0 Å². The lowest BCUT2D eigenvalue weighted by Crippen LogP contribution is -2.09. The average molecular weight is 649 g/mol. The van der Waals surface area contributed by atoms with Crippen molar-refractivity contribution < 1.29 is 0 Å². The van der Waals surface area contributed by atoms with Crippen LogP contribution in [0.1, 0.15) is 16.7 Å². The Morgan fingerprint density at radius 1 is 0.314 bits per heavy atom. The summed E-state index contributed by atoms with van der Waals surface area (Å²) in [6, 6.07) is 64.0. The molecule has 8 aromatic carbocycles. The number of hydrogen-bond acceptors (Lipinski definition) is 4. The van der Waals surface area contributed by atoms with Gasteiger partial charge in [-0.3, -0.25) is 0 Å². The van der Waals surface area contributed by atoms with Gasteiger partial charge >= 0.3 is 0 Å². The van der Waals surface area contributed by atoms with Gasteiger partial charge in [-0.25, -0.2) is 0 Å². The molecule has 0 fully saturated rings. The third-order valence-electron chi connectivity index (χ3n) is 9.43. The first-order valence-corrected chi connectivity index (χ1v) is 16.6. The summed E-state index contributed by atoms with van der Waals surface area (Å²) in [6.07, 6.45) is 0. The van der Waals surface area contributed by atoms with Crippen LogP contribution in [-0.2, 0) is 0 Å². The molecule has 8 aromatic rings. The van der Waals surface area contributed by atoms with E-state index in [0.29, 0.717) is 16.7 Å². The Hall–Kier alpha value is -7.45. The summed E-state index contributed by atoms with van der Waals surface area (Å²) in [6.45, 7) is 0. The zero-order valence-corrected chi connectivity index (χ0v) is 27.5. The van der Waals surface area contributed by atoms with Crippen LogP contribution in [0.3, 0.4) is 0 Å². The van der Waals surface area contributed by atoms with Crippen LogP contribution < -0.4 is 4.90 Å². The van der Waals surface area contributed by atoms with Crippen molar-refractivity contribution in [1.29, 1.82) is 15.8 Å². The molecule has 0 heterocycles. The Balaban J connectivity index is 1.20. The molecular formula is C47H28N4. The topological polar surface area (TPSA) is 74.6 Å². The average Bonchev–Trinajstić information content (AvgIpc) is 3.21. The highest BCUT2D eigenvalue weighted by atomic mass is 15.1. The minimum absolute atomic E-state index is 0.636. The molecule has 0 bridgehead atoms. The van der Waals surface area contributed by atoms with Crippen molar-refractivity contribution in [2.45, 2.75) is 0 Å². The first kappa shape index (κ1) is 30.9. The highest BCUT2D eigenvalue weighted by molar-refractivity contribution is 6.01. The van der Waals surface area contributed by atoms with E-state index in [4.69, 9.17) is 0 Å². The van der Waals surface area contributed by atoms with E-state index in [2.05, 4.69) is 108 Å². The highest BCUT2D eigenvalue weighted by Gasteiger charge is 2.16. The monoisotopic (exact) mass is 648 g/mol. The van der Waals surface area contributed by atoms with Gasteiger partial charge in [0.25, 0.3) is 0 Å². The molecule has 8 rings (SSSR count). The van der Waals surface area contributed by atoms with Crippen LogP contribution in [0, 0.1) is 34.0 Å². The second-order valence-electron chi connectivity index (χ2n) is 12.3. The Morgan fingerprint density at radius 2 is 0.667 bits per heavy atom. The summed E-state index contributed by atoms with van der Waals surface area (Å²) in [5.74, 6) is 0. The molecule has 0 aliphatic rings. The van der Waals surface area contributed by atoms with Crippen LogP contribution in [0.25, 0.3) is 54.9 Å². The maximum Gasteiger partial charge on any atom is 0.0998 e. The summed E-state index contributed by atoms with van der Waals surface area (Å²) in [5, 5.41) is 32.6. The van der Waals surface area contributed by atoms with E-state index in [1.807, 2.05) is 84.9 Å². The van der Waals surface area contributed by atoms with Crippen molar-refractivity contribution in [3.63, 3.8) is 0 Å². The smallest absolute Gasteiger partial charge is 0.0998 e. The van der Waals surface area contributed by atoms with Crippen molar-refractivity contribution >= 4 is 38.6 Å². The molecule has 0 spiro atoms. The number of benzene rings is 8. The van der Waals surface area contributed by atoms with Gasteiger partial charge in [-0.15, -0.1) is 0 Å². The minimum atomic E-state index is 0.636. The molecule has 236 valence electrons. The maximum absolute atomic E-state index is 9.69. The van der Waals surface area contributed by atoms with E-state index in [0.717, 1.165) is 72.0 Å². The van der Waals surface area contributed by atoms with Gasteiger partial charge in [0, 0.05) is 27.8 Å². The van der Waals surface area contributed by atoms with E-state index in [-0.39, 0.29) is 0 Å². The van der Waals surface area contributed by atoms with Crippen molar-refractivity contribution in [2.24, 2.45) is 0 Å². The van der Waals surface area contributed by atoms with Gasteiger partial charge in [0.2, 0.25) is 0 Å². The highest BCUT2D eigenvalue weighted by Crippen LogP contribution is 2.39. The van der Waals surface area contributed by atoms with E-state index < -0.39 is 0 Å². The number of rotatable bonds is 6. The van der Waals surface area contributed by atoms with Gasteiger partial charge in [-0.1, -0.05) is 109 Å². The largest absolute Gasteiger partial charge is 0.311 e. The van der Waals surface area contributed by atoms with Gasteiger partial charge in [0.05, 0.1) is 34.9 Å². The number of fused-ring (bicyclic) bond motifs is 2. The third kappa shape index (κ3) is 5.72. The van der Waals surface area contributed by atoms with Crippen LogP contribution in [0.4, 0.5) is 17.1 Å². The molecule has 0 aromatic heterocycles. The maximum atomic E-state index is 9.69. The number of nitriles is 3. The summed E-state index contributed by atoms with van der Waals surface area (Å²) < 4.78 is 0. The standard InChI is InChI=1S/C47H28N4/c48-29-32-9-11-33(12-10-32)34-13-21-39(22-14-34)51(40-23-15-35(16-24-40)44-27-19-37(30-49)42-5-1-3-7-46(42)44)41-25-17-36(18-26-41)45-28-20-38(31-50)43-6-2-4-8-47(43)45/h1-28H. The quantitative estimate of drug-likeness (QED) is 0.180. The fourth-order valence-corrected chi connectivity index (χ4v) is 6.86. The number of nitrogens with zero attached hydrogens (tertiary/aromatic N) is 4. The summed E-state index contributed by atoms with van der Waals surface area (Å²) in [7, 11) is 0. The fourth-order valence-electron chi connectivity index (χ4n) is 6.86. The van der Waals surface area contributed by atoms with Crippen LogP contribution >= 0.6 is 0 Å². The fraction of sp³-hybridized carbons (Fsp3) is 0. The molecule has 0 amide bonds. The summed E-state index contributed by atoms with van der Waals surface area (Å²) in [5.41, 5.74) is 11.4. The van der Waals surface area contributed by atoms with Crippen molar-refractivity contribution in [2.75, 3.05) is 4.90 Å². The summed E-state index contributed by atoms with van der Waals surface area (Å²) in [4.78, 5) is 2.24. The Morgan fingerprint density at radius 3 is 1.04 bits per heavy atom. The van der Waals surface area contributed by atoms with Gasteiger partial charge in [0.15, 0.2) is 0 Å². The Bertz CT molecular complexity index is 2550. The van der Waals surface area contributed by atoms with Crippen LogP contribution in [0.5, 0.6) is 0 Å². The molecule has 0 saturated carbocycles. The molecule has 0 radical (unpaired) electrons. The van der Waals surface area contributed by atoms with Gasteiger partial charge in [-0.2, -0.15) is 15.8 Å². The van der Waals surface area contributed by atoms with Crippen LogP contribution in [-0.4, -0.2) is 0 Å². The van der Waals surface area contributed by atoms with Crippen molar-refractivity contribution in [3.8, 4) is 51.6 Å². The molecule has 0 aliphatic heterocycles. The number of hydrogen-bond donors (Lipinski definition) is 0. The van der Waals surface area contributed by atoms with Crippen LogP contribution in [0.2, 0.25) is 0 Å². The molecular weight excluding hydrogens is 621 g/mol. The molecule has 0 saturated heterocycles. The van der Waals surface area contributed by atoms with Gasteiger partial charge in [-0.05, 0) is 105 Å². The first-order chi connectivity index (χ1) is 25.1. The minimum Gasteiger partial charge on any atom is -0.311 e. The SMILES string of the molecule is N#Cc1ccc(-c2ccc(N(c3ccc(-c4ccc(C#N)c5ccccc45)cc3)c3ccc(-c4ccc(C#N)c5ccccc45)cc3)cc2)cc1. The molecule has 0 unspecified atom stereocenters. The lowest BCUT2D eigenvalue weighted by molar-refractivity contribution is 1.28. The summed E-state index contributed by atoms with van der Waals surface area (Å²) >= 11 is 0. The Kier molecular flexibility index (Phi) is 8.00. The lowest BCUT2D eigenvalue weighted by atomic mass is 9.95. The number of anilines is 3. The second kappa shape index (κ2) is 13.2. The molecule has 51 heavy (non-hydrogen) atoms. The van der Waals surface area contributed by atoms with E-state index in [9.17, 15) is 15.8 Å². The molecule has 0 aliphatic carbocycles. The van der Waals surface area contributed by atoms with E-state index in [1.165, 1.54) is 0 Å². The zero-order chi connectivity index (χ0) is 34.7. The normalized spacial score (nSPS) is 10.7. The zero-order valence-electron chi connectivity index (χ0n) is 27.5. The van der Waals surface area contributed by atoms with E-state index >= 15 is 0 Å². The van der Waals surface area contributed by atoms with Crippen LogP contribution in [0.15, 0.2) is 170 Å². The van der Waals surface area contributed by atoms with Crippen molar-refractivity contribution in [3.05, 3.63) is 187 Å².